The number of carbonyl (C=O) groups excluding carboxylic acids is 1. The van der Waals surface area contributed by atoms with Crippen LogP contribution in [0.5, 0.6) is 0 Å². The van der Waals surface area contributed by atoms with Crippen LogP contribution in [0.3, 0.4) is 0 Å². The van der Waals surface area contributed by atoms with Crippen LogP contribution in [0.2, 0.25) is 0 Å². The summed E-state index contributed by atoms with van der Waals surface area (Å²) >= 11 is 1.63. The molecule has 122 valence electrons. The summed E-state index contributed by atoms with van der Waals surface area (Å²) < 4.78 is 0. The summed E-state index contributed by atoms with van der Waals surface area (Å²) in [4.78, 5) is 16.6. The number of aromatic amines is 1. The molecular formula is C15H19N5O2S. The standard InChI is InChI=1S/C15H19N5O2S/c21-5-6-23-9-10-1-4-17-13(7-10)18-15(22)14-11-8-16-3-2-12(11)19-20-14/h1,4,7,16,21H,2-3,5-6,8-9H2,(H,19,20)(H,17,18,22). The van der Waals surface area contributed by atoms with Gasteiger partial charge in [0, 0.05) is 48.5 Å². The number of rotatable bonds is 6. The highest BCUT2D eigenvalue weighted by molar-refractivity contribution is 7.98. The molecular weight excluding hydrogens is 314 g/mol. The third-order valence-corrected chi connectivity index (χ3v) is 4.60. The molecule has 1 amide bonds. The van der Waals surface area contributed by atoms with E-state index in [0.29, 0.717) is 23.8 Å². The second-order valence-corrected chi connectivity index (χ2v) is 6.34. The average Bonchev–Trinajstić information content (AvgIpc) is 3.00. The molecule has 3 rings (SSSR count). The number of pyridine rings is 1. The normalized spacial score (nSPS) is 13.6. The molecule has 23 heavy (non-hydrogen) atoms. The highest BCUT2D eigenvalue weighted by Crippen LogP contribution is 2.18. The number of aliphatic hydroxyl groups excluding tert-OH is 1. The Kier molecular flexibility index (Phi) is 5.27. The fourth-order valence-corrected chi connectivity index (χ4v) is 3.16. The van der Waals surface area contributed by atoms with Crippen LogP contribution < -0.4 is 10.6 Å². The molecule has 2 aromatic heterocycles. The van der Waals surface area contributed by atoms with Crippen LogP contribution in [0.4, 0.5) is 5.82 Å². The number of aliphatic hydroxyl groups is 1. The zero-order valence-electron chi connectivity index (χ0n) is 12.6. The summed E-state index contributed by atoms with van der Waals surface area (Å²) in [6.45, 7) is 1.71. The first-order chi connectivity index (χ1) is 11.3. The van der Waals surface area contributed by atoms with E-state index in [9.17, 15) is 4.79 Å². The van der Waals surface area contributed by atoms with E-state index in [4.69, 9.17) is 5.11 Å². The summed E-state index contributed by atoms with van der Waals surface area (Å²) in [6, 6.07) is 3.75. The Labute approximate surface area is 138 Å². The Morgan fingerprint density at radius 3 is 3.26 bits per heavy atom. The van der Waals surface area contributed by atoms with Crippen LogP contribution >= 0.6 is 11.8 Å². The average molecular weight is 333 g/mol. The molecule has 0 saturated carbocycles. The van der Waals surface area contributed by atoms with Crippen molar-refractivity contribution in [3.05, 3.63) is 40.8 Å². The van der Waals surface area contributed by atoms with Gasteiger partial charge in [0.1, 0.15) is 5.82 Å². The van der Waals surface area contributed by atoms with Crippen molar-refractivity contribution < 1.29 is 9.90 Å². The van der Waals surface area contributed by atoms with E-state index < -0.39 is 0 Å². The van der Waals surface area contributed by atoms with E-state index in [1.54, 1.807) is 18.0 Å². The van der Waals surface area contributed by atoms with Crippen LogP contribution in [0, 0.1) is 0 Å². The van der Waals surface area contributed by atoms with Crippen molar-refractivity contribution in [1.82, 2.24) is 20.5 Å². The van der Waals surface area contributed by atoms with Gasteiger partial charge >= 0.3 is 0 Å². The van der Waals surface area contributed by atoms with Crippen molar-refractivity contribution in [2.75, 3.05) is 24.2 Å². The molecule has 1 aliphatic rings. The maximum Gasteiger partial charge on any atom is 0.277 e. The van der Waals surface area contributed by atoms with Crippen LogP contribution in [-0.4, -0.2) is 45.1 Å². The monoisotopic (exact) mass is 333 g/mol. The van der Waals surface area contributed by atoms with Crippen LogP contribution in [-0.2, 0) is 18.7 Å². The highest BCUT2D eigenvalue weighted by Gasteiger charge is 2.21. The van der Waals surface area contributed by atoms with Crippen molar-refractivity contribution >= 4 is 23.5 Å². The van der Waals surface area contributed by atoms with E-state index in [1.165, 1.54) is 0 Å². The number of nitrogens with one attached hydrogen (secondary N) is 3. The number of fused-ring (bicyclic) bond motifs is 1. The van der Waals surface area contributed by atoms with E-state index in [1.807, 2.05) is 12.1 Å². The van der Waals surface area contributed by atoms with Gasteiger partial charge in [-0.25, -0.2) is 4.98 Å². The summed E-state index contributed by atoms with van der Waals surface area (Å²) in [5.74, 6) is 1.72. The molecule has 0 atom stereocenters. The maximum atomic E-state index is 12.4. The number of anilines is 1. The fourth-order valence-electron chi connectivity index (χ4n) is 2.48. The first-order valence-corrected chi connectivity index (χ1v) is 8.65. The molecule has 0 aromatic carbocycles. The third-order valence-electron chi connectivity index (χ3n) is 3.59. The lowest BCUT2D eigenvalue weighted by atomic mass is 10.1. The molecule has 0 spiro atoms. The van der Waals surface area contributed by atoms with E-state index in [2.05, 4.69) is 25.8 Å². The van der Waals surface area contributed by atoms with Gasteiger partial charge in [0.25, 0.3) is 5.91 Å². The SMILES string of the molecule is O=C(Nc1cc(CSCCO)ccn1)c1n[nH]c2c1CNCC2. The Bertz CT molecular complexity index is 688. The Hall–Kier alpha value is -1.90. The Balaban J connectivity index is 1.68. The maximum absolute atomic E-state index is 12.4. The molecule has 4 N–H and O–H groups in total. The summed E-state index contributed by atoms with van der Waals surface area (Å²) in [5, 5.41) is 21.9. The lowest BCUT2D eigenvalue weighted by Crippen LogP contribution is -2.25. The molecule has 2 aromatic rings. The van der Waals surface area contributed by atoms with Gasteiger partial charge in [0.2, 0.25) is 0 Å². The Morgan fingerprint density at radius 1 is 1.48 bits per heavy atom. The summed E-state index contributed by atoms with van der Waals surface area (Å²) in [7, 11) is 0. The van der Waals surface area contributed by atoms with Gasteiger partial charge in [0.05, 0.1) is 6.61 Å². The molecule has 3 heterocycles. The number of H-pyrrole nitrogens is 1. The van der Waals surface area contributed by atoms with E-state index in [-0.39, 0.29) is 12.5 Å². The molecule has 1 aliphatic heterocycles. The largest absolute Gasteiger partial charge is 0.396 e. The number of amides is 1. The topological polar surface area (TPSA) is 103 Å². The molecule has 0 fully saturated rings. The second kappa shape index (κ2) is 7.58. The van der Waals surface area contributed by atoms with Crippen LogP contribution in [0.25, 0.3) is 0 Å². The molecule has 0 aliphatic carbocycles. The highest BCUT2D eigenvalue weighted by atomic mass is 32.2. The lowest BCUT2D eigenvalue weighted by Gasteiger charge is -2.12. The number of hydrogen-bond donors (Lipinski definition) is 4. The molecule has 0 bridgehead atoms. The zero-order chi connectivity index (χ0) is 16.1. The van der Waals surface area contributed by atoms with Gasteiger partial charge in [-0.15, -0.1) is 0 Å². The van der Waals surface area contributed by atoms with E-state index in [0.717, 1.165) is 35.5 Å². The number of aromatic nitrogens is 3. The van der Waals surface area contributed by atoms with Crippen molar-refractivity contribution in [3.63, 3.8) is 0 Å². The van der Waals surface area contributed by atoms with Gasteiger partial charge in [-0.3, -0.25) is 9.89 Å². The van der Waals surface area contributed by atoms with Crippen LogP contribution in [0.1, 0.15) is 27.3 Å². The van der Waals surface area contributed by atoms with E-state index >= 15 is 0 Å². The van der Waals surface area contributed by atoms with Crippen molar-refractivity contribution in [2.45, 2.75) is 18.7 Å². The second-order valence-electron chi connectivity index (χ2n) is 5.24. The van der Waals surface area contributed by atoms with Gasteiger partial charge in [-0.1, -0.05) is 0 Å². The number of nitrogens with zero attached hydrogens (tertiary/aromatic N) is 2. The molecule has 0 saturated heterocycles. The smallest absolute Gasteiger partial charge is 0.277 e. The third kappa shape index (κ3) is 3.90. The molecule has 7 nitrogen and oxygen atoms in total. The molecule has 0 unspecified atom stereocenters. The number of thioether (sulfide) groups is 1. The number of hydrogen-bond acceptors (Lipinski definition) is 6. The lowest BCUT2D eigenvalue weighted by molar-refractivity contribution is 0.102. The minimum atomic E-state index is -0.251. The van der Waals surface area contributed by atoms with Crippen molar-refractivity contribution in [2.24, 2.45) is 0 Å². The summed E-state index contributed by atoms with van der Waals surface area (Å²) in [6.07, 6.45) is 2.53. The van der Waals surface area contributed by atoms with Gasteiger partial charge < -0.3 is 15.7 Å². The van der Waals surface area contributed by atoms with Gasteiger partial charge in [0.15, 0.2) is 5.69 Å². The predicted octanol–water partition coefficient (Wildman–Crippen LogP) is 0.928. The predicted molar refractivity (Wildman–Crippen MR) is 89.4 cm³/mol. The summed E-state index contributed by atoms with van der Waals surface area (Å²) in [5.41, 5.74) is 3.44. The van der Waals surface area contributed by atoms with Crippen molar-refractivity contribution in [3.8, 4) is 0 Å². The first-order valence-electron chi connectivity index (χ1n) is 7.49. The fraction of sp³-hybridized carbons (Fsp3) is 0.400. The van der Waals surface area contributed by atoms with Crippen LogP contribution in [0.15, 0.2) is 18.3 Å². The number of carbonyl (C=O) groups is 1. The minimum absolute atomic E-state index is 0.164. The quantitative estimate of drug-likeness (QED) is 0.587. The first kappa shape index (κ1) is 16.0. The van der Waals surface area contributed by atoms with Gasteiger partial charge in [-0.05, 0) is 17.7 Å². The van der Waals surface area contributed by atoms with Crippen molar-refractivity contribution in [1.29, 1.82) is 0 Å². The molecule has 8 heteroatoms. The molecule has 0 radical (unpaired) electrons. The zero-order valence-corrected chi connectivity index (χ0v) is 13.4. The van der Waals surface area contributed by atoms with Gasteiger partial charge in [-0.2, -0.15) is 16.9 Å². The Morgan fingerprint density at radius 2 is 2.39 bits per heavy atom. The minimum Gasteiger partial charge on any atom is -0.396 e.